The van der Waals surface area contributed by atoms with E-state index in [2.05, 4.69) is 5.16 Å². The van der Waals surface area contributed by atoms with Crippen LogP contribution in [0.1, 0.15) is 32.6 Å². The van der Waals surface area contributed by atoms with Crippen LogP contribution in [0.15, 0.2) is 71.9 Å². The molecular weight excluding hydrogens is 404 g/mol. The smallest absolute Gasteiger partial charge is 0.312 e. The maximum atomic E-state index is 12.4. The molecule has 3 aromatic carbocycles. The number of aryl methyl sites for hydroxylation is 2. The summed E-state index contributed by atoms with van der Waals surface area (Å²) in [6, 6.07) is 18.6. The van der Waals surface area contributed by atoms with Gasteiger partial charge in [-0.2, -0.15) is 0 Å². The molecule has 0 spiro atoms. The van der Waals surface area contributed by atoms with Crippen LogP contribution in [0.4, 0.5) is 5.69 Å². The maximum Gasteiger partial charge on any atom is 0.367 e. The highest BCUT2D eigenvalue weighted by molar-refractivity contribution is 6.33. The number of carbonyl (C=O) groups excluding carboxylic acids is 1. The summed E-state index contributed by atoms with van der Waals surface area (Å²) in [4.78, 5) is 28.1. The van der Waals surface area contributed by atoms with Gasteiger partial charge in [0, 0.05) is 24.1 Å². The molecule has 3 rings (SSSR count). The molecule has 3 aromatic rings. The number of oxime groups is 1. The Morgan fingerprint density at radius 1 is 1.03 bits per heavy atom. The Hall–Kier alpha value is -3.51. The standard InChI is InChI=1S/C23H19ClN2O4/c1-15-7-12-19(16(2)13-15)22(14-17-8-10-18(11-9-17)26(28)29)25-30-23(27)20-5-3-4-6-21(20)24/h3-13H,14H2,1-2H3/b25-22+. The number of nitro benzene ring substituents is 1. The Morgan fingerprint density at radius 3 is 2.37 bits per heavy atom. The largest absolute Gasteiger partial charge is 0.367 e. The van der Waals surface area contributed by atoms with Crippen LogP contribution in [-0.4, -0.2) is 16.6 Å². The molecule has 0 unspecified atom stereocenters. The van der Waals surface area contributed by atoms with Gasteiger partial charge in [-0.1, -0.05) is 64.8 Å². The van der Waals surface area contributed by atoms with Gasteiger partial charge in [0.1, 0.15) is 0 Å². The average molecular weight is 423 g/mol. The van der Waals surface area contributed by atoms with Gasteiger partial charge in [-0.3, -0.25) is 10.1 Å². The summed E-state index contributed by atoms with van der Waals surface area (Å²) in [5.74, 6) is -0.661. The second-order valence-corrected chi connectivity index (χ2v) is 7.22. The zero-order chi connectivity index (χ0) is 21.7. The van der Waals surface area contributed by atoms with E-state index in [4.69, 9.17) is 16.4 Å². The third-order valence-corrected chi connectivity index (χ3v) is 4.87. The molecule has 0 atom stereocenters. The predicted molar refractivity (Wildman–Crippen MR) is 116 cm³/mol. The first kappa shape index (κ1) is 21.2. The van der Waals surface area contributed by atoms with E-state index in [1.54, 1.807) is 36.4 Å². The molecule has 0 saturated heterocycles. The number of carbonyl (C=O) groups is 1. The molecule has 152 valence electrons. The van der Waals surface area contributed by atoms with Crippen molar-refractivity contribution in [3.8, 4) is 0 Å². The first-order valence-corrected chi connectivity index (χ1v) is 9.56. The Balaban J connectivity index is 1.92. The van der Waals surface area contributed by atoms with Gasteiger partial charge in [-0.25, -0.2) is 4.79 Å². The molecule has 0 N–H and O–H groups in total. The second-order valence-electron chi connectivity index (χ2n) is 6.82. The van der Waals surface area contributed by atoms with Gasteiger partial charge >= 0.3 is 5.97 Å². The minimum atomic E-state index is -0.661. The molecule has 0 fully saturated rings. The lowest BCUT2D eigenvalue weighted by atomic mass is 9.97. The zero-order valence-corrected chi connectivity index (χ0v) is 17.2. The van der Waals surface area contributed by atoms with Crippen molar-refractivity contribution in [2.24, 2.45) is 5.16 Å². The molecule has 30 heavy (non-hydrogen) atoms. The van der Waals surface area contributed by atoms with Crippen molar-refractivity contribution >= 4 is 29.0 Å². The van der Waals surface area contributed by atoms with Crippen LogP contribution in [-0.2, 0) is 11.3 Å². The third-order valence-electron chi connectivity index (χ3n) is 4.54. The summed E-state index contributed by atoms with van der Waals surface area (Å²) in [5, 5.41) is 15.3. The molecule has 0 aliphatic heterocycles. The zero-order valence-electron chi connectivity index (χ0n) is 16.5. The summed E-state index contributed by atoms with van der Waals surface area (Å²) >= 11 is 6.06. The van der Waals surface area contributed by atoms with E-state index in [1.807, 2.05) is 32.0 Å². The molecule has 7 heteroatoms. The molecule has 0 saturated carbocycles. The van der Waals surface area contributed by atoms with E-state index in [-0.39, 0.29) is 16.3 Å². The van der Waals surface area contributed by atoms with E-state index >= 15 is 0 Å². The van der Waals surface area contributed by atoms with E-state index < -0.39 is 10.9 Å². The normalized spacial score (nSPS) is 11.2. The van der Waals surface area contributed by atoms with Crippen LogP contribution in [0.3, 0.4) is 0 Å². The number of non-ortho nitro benzene ring substituents is 1. The average Bonchev–Trinajstić information content (AvgIpc) is 2.72. The van der Waals surface area contributed by atoms with Crippen molar-refractivity contribution in [2.45, 2.75) is 20.3 Å². The molecule has 0 radical (unpaired) electrons. The van der Waals surface area contributed by atoms with Crippen LogP contribution in [0.25, 0.3) is 0 Å². The molecule has 0 aliphatic carbocycles. The summed E-state index contributed by atoms with van der Waals surface area (Å²) in [6.07, 6.45) is 0.331. The summed E-state index contributed by atoms with van der Waals surface area (Å²) in [5.41, 5.74) is 4.45. The number of hydrogen-bond donors (Lipinski definition) is 0. The Morgan fingerprint density at radius 2 is 1.73 bits per heavy atom. The van der Waals surface area contributed by atoms with Crippen LogP contribution in [0.2, 0.25) is 5.02 Å². The van der Waals surface area contributed by atoms with Gasteiger partial charge in [-0.05, 0) is 37.1 Å². The van der Waals surface area contributed by atoms with Crippen LogP contribution in [0, 0.1) is 24.0 Å². The summed E-state index contributed by atoms with van der Waals surface area (Å²) in [7, 11) is 0. The molecule has 6 nitrogen and oxygen atoms in total. The van der Waals surface area contributed by atoms with Crippen molar-refractivity contribution in [1.82, 2.24) is 0 Å². The van der Waals surface area contributed by atoms with E-state index in [9.17, 15) is 14.9 Å². The first-order chi connectivity index (χ1) is 14.3. The van der Waals surface area contributed by atoms with E-state index in [0.717, 1.165) is 22.3 Å². The fraction of sp³-hybridized carbons (Fsp3) is 0.130. The lowest BCUT2D eigenvalue weighted by Crippen LogP contribution is -2.11. The van der Waals surface area contributed by atoms with Gasteiger partial charge in [0.15, 0.2) is 0 Å². The van der Waals surface area contributed by atoms with Gasteiger partial charge in [0.05, 0.1) is 21.2 Å². The van der Waals surface area contributed by atoms with Gasteiger partial charge < -0.3 is 4.84 Å². The lowest BCUT2D eigenvalue weighted by Gasteiger charge is -2.11. The summed E-state index contributed by atoms with van der Waals surface area (Å²) < 4.78 is 0. The Kier molecular flexibility index (Phi) is 6.59. The molecule has 0 amide bonds. The van der Waals surface area contributed by atoms with Gasteiger partial charge in [0.2, 0.25) is 0 Å². The third kappa shape index (κ3) is 5.10. The van der Waals surface area contributed by atoms with Crippen LogP contribution < -0.4 is 0 Å². The molecular formula is C23H19ClN2O4. The topological polar surface area (TPSA) is 81.8 Å². The molecule has 0 aromatic heterocycles. The van der Waals surface area contributed by atoms with Crippen molar-refractivity contribution in [1.29, 1.82) is 0 Å². The van der Waals surface area contributed by atoms with Crippen LogP contribution in [0.5, 0.6) is 0 Å². The minimum Gasteiger partial charge on any atom is -0.312 e. The number of halogens is 1. The summed E-state index contributed by atoms with van der Waals surface area (Å²) in [6.45, 7) is 3.94. The number of benzene rings is 3. The minimum absolute atomic E-state index is 0.00824. The number of rotatable bonds is 6. The maximum absolute atomic E-state index is 12.4. The number of nitrogens with zero attached hydrogens (tertiary/aromatic N) is 2. The fourth-order valence-electron chi connectivity index (χ4n) is 3.02. The molecule has 0 bridgehead atoms. The quantitative estimate of drug-likeness (QED) is 0.222. The van der Waals surface area contributed by atoms with Crippen molar-refractivity contribution in [3.05, 3.63) is 110 Å². The first-order valence-electron chi connectivity index (χ1n) is 9.19. The highest BCUT2D eigenvalue weighted by Crippen LogP contribution is 2.19. The SMILES string of the molecule is Cc1ccc(/C(Cc2ccc([N+](=O)[O-])cc2)=N/OC(=O)c2ccccc2Cl)c(C)c1. The number of nitro groups is 1. The highest BCUT2D eigenvalue weighted by Gasteiger charge is 2.15. The molecule has 0 heterocycles. The molecule has 0 aliphatic rings. The Bertz CT molecular complexity index is 1120. The van der Waals surface area contributed by atoms with Crippen LogP contribution >= 0.6 is 11.6 Å². The van der Waals surface area contributed by atoms with E-state index in [1.165, 1.54) is 12.1 Å². The van der Waals surface area contributed by atoms with Crippen molar-refractivity contribution in [3.63, 3.8) is 0 Å². The lowest BCUT2D eigenvalue weighted by molar-refractivity contribution is -0.384. The highest BCUT2D eigenvalue weighted by atomic mass is 35.5. The second kappa shape index (κ2) is 9.33. The van der Waals surface area contributed by atoms with Crippen molar-refractivity contribution in [2.75, 3.05) is 0 Å². The predicted octanol–water partition coefficient (Wildman–Crippen LogP) is 5.67. The fourth-order valence-corrected chi connectivity index (χ4v) is 3.23. The monoisotopic (exact) mass is 422 g/mol. The Labute approximate surface area is 178 Å². The van der Waals surface area contributed by atoms with Crippen molar-refractivity contribution < 1.29 is 14.6 Å². The van der Waals surface area contributed by atoms with Gasteiger partial charge in [0.25, 0.3) is 5.69 Å². The van der Waals surface area contributed by atoms with E-state index in [0.29, 0.717) is 12.1 Å². The van der Waals surface area contributed by atoms with Gasteiger partial charge in [-0.15, -0.1) is 0 Å². The number of hydrogen-bond acceptors (Lipinski definition) is 5.